The molecular weight excluding hydrogens is 584 g/mol. The Balaban J connectivity index is 1.71. The number of hydrogen-bond acceptors (Lipinski definition) is 11. The maximum absolute atomic E-state index is 13.6. The summed E-state index contributed by atoms with van der Waals surface area (Å²) in [6.07, 6.45) is -3.88. The summed E-state index contributed by atoms with van der Waals surface area (Å²) in [5, 5.41) is 24.2. The third-order valence-electron chi connectivity index (χ3n) is 9.14. The van der Waals surface area contributed by atoms with E-state index in [1.807, 2.05) is 6.07 Å². The van der Waals surface area contributed by atoms with Crippen LogP contribution in [0.5, 0.6) is 0 Å². The summed E-state index contributed by atoms with van der Waals surface area (Å²) in [5.74, 6) is -4.11. The van der Waals surface area contributed by atoms with Crippen molar-refractivity contribution in [3.8, 4) is 0 Å². The molecule has 1 spiro atoms. The summed E-state index contributed by atoms with van der Waals surface area (Å²) >= 11 is 0. The van der Waals surface area contributed by atoms with Crippen LogP contribution in [0.25, 0.3) is 6.08 Å². The van der Waals surface area contributed by atoms with Crippen molar-refractivity contribution in [2.45, 2.75) is 94.3 Å². The molecule has 5 rings (SSSR count). The number of carbonyl (C=O) groups excluding carboxylic acids is 4. The lowest BCUT2D eigenvalue weighted by Gasteiger charge is -2.64. The molecule has 0 radical (unpaired) electrons. The fraction of sp³-hybridized carbons (Fsp3) is 0.471. The molecule has 45 heavy (non-hydrogen) atoms. The third kappa shape index (κ3) is 5.43. The SMILES string of the molecule is CC(=O)O[C@H]1C[C@](C)(O)[C@]23OC(C)(C)C(C[C@H](OC(=O)c4ccccc4)[C@]2(OC(C)=O)[C@H]1OC(=O)/C=C/c1ccccc1)[C@H]3O. The van der Waals surface area contributed by atoms with Gasteiger partial charge in [-0.1, -0.05) is 48.5 Å². The molecular formula is C34H38O11. The van der Waals surface area contributed by atoms with Gasteiger partial charge in [-0.3, -0.25) is 9.59 Å². The van der Waals surface area contributed by atoms with Crippen molar-refractivity contribution in [3.63, 3.8) is 0 Å². The molecule has 2 N–H and O–H groups in total. The Bertz CT molecular complexity index is 1480. The van der Waals surface area contributed by atoms with Crippen molar-refractivity contribution >= 4 is 30.0 Å². The van der Waals surface area contributed by atoms with Gasteiger partial charge in [0.2, 0.25) is 5.60 Å². The Labute approximate surface area is 261 Å². The molecule has 0 aromatic heterocycles. The summed E-state index contributed by atoms with van der Waals surface area (Å²) in [6, 6.07) is 17.0. The normalized spacial score (nSPS) is 34.8. The molecule has 2 aromatic rings. The molecule has 2 aliphatic carbocycles. The van der Waals surface area contributed by atoms with Crippen molar-refractivity contribution in [1.82, 2.24) is 0 Å². The Morgan fingerprint density at radius 3 is 2.11 bits per heavy atom. The predicted molar refractivity (Wildman–Crippen MR) is 158 cm³/mol. The Kier molecular flexibility index (Phi) is 8.41. The van der Waals surface area contributed by atoms with Crippen molar-refractivity contribution in [1.29, 1.82) is 0 Å². The first kappa shape index (κ1) is 32.3. The molecule has 8 atom stereocenters. The third-order valence-corrected chi connectivity index (χ3v) is 9.14. The molecule has 0 amide bonds. The van der Waals surface area contributed by atoms with Crippen LogP contribution >= 0.6 is 0 Å². The van der Waals surface area contributed by atoms with Crippen molar-refractivity contribution in [2.24, 2.45) is 5.92 Å². The van der Waals surface area contributed by atoms with Crippen LogP contribution in [0.4, 0.5) is 0 Å². The smallest absolute Gasteiger partial charge is 0.338 e. The molecule has 1 saturated heterocycles. The van der Waals surface area contributed by atoms with Gasteiger partial charge in [-0.15, -0.1) is 0 Å². The summed E-state index contributed by atoms with van der Waals surface area (Å²) < 4.78 is 30.4. The number of esters is 4. The summed E-state index contributed by atoms with van der Waals surface area (Å²) in [7, 11) is 0. The zero-order chi connectivity index (χ0) is 32.8. The molecule has 240 valence electrons. The van der Waals surface area contributed by atoms with E-state index >= 15 is 0 Å². The molecule has 1 aliphatic heterocycles. The molecule has 11 nitrogen and oxygen atoms in total. The summed E-state index contributed by atoms with van der Waals surface area (Å²) in [6.45, 7) is 6.99. The Morgan fingerprint density at radius 2 is 1.51 bits per heavy atom. The fourth-order valence-electron chi connectivity index (χ4n) is 7.47. The number of ether oxygens (including phenoxy) is 5. The van der Waals surface area contributed by atoms with Crippen LogP contribution in [0.2, 0.25) is 0 Å². The Morgan fingerprint density at radius 1 is 0.889 bits per heavy atom. The molecule has 1 heterocycles. The highest BCUT2D eigenvalue weighted by molar-refractivity contribution is 5.90. The van der Waals surface area contributed by atoms with Gasteiger partial charge in [-0.2, -0.15) is 0 Å². The largest absolute Gasteiger partial charge is 0.458 e. The van der Waals surface area contributed by atoms with Crippen LogP contribution in [-0.4, -0.2) is 80.9 Å². The van der Waals surface area contributed by atoms with Crippen molar-refractivity contribution in [3.05, 3.63) is 77.9 Å². The van der Waals surface area contributed by atoms with Gasteiger partial charge < -0.3 is 33.9 Å². The van der Waals surface area contributed by atoms with Gasteiger partial charge in [0.1, 0.15) is 17.8 Å². The van der Waals surface area contributed by atoms with E-state index in [0.717, 1.165) is 19.9 Å². The quantitative estimate of drug-likeness (QED) is 0.266. The summed E-state index contributed by atoms with van der Waals surface area (Å²) in [4.78, 5) is 52.5. The van der Waals surface area contributed by atoms with E-state index in [9.17, 15) is 29.4 Å². The van der Waals surface area contributed by atoms with Gasteiger partial charge in [0.25, 0.3) is 0 Å². The minimum absolute atomic E-state index is 0.113. The lowest BCUT2D eigenvalue weighted by Crippen LogP contribution is -2.87. The Hall–Kier alpha value is -4.06. The zero-order valence-electron chi connectivity index (χ0n) is 25.8. The fourth-order valence-corrected chi connectivity index (χ4v) is 7.47. The highest BCUT2D eigenvalue weighted by Gasteiger charge is 2.87. The minimum Gasteiger partial charge on any atom is -0.458 e. The van der Waals surface area contributed by atoms with Crippen LogP contribution in [0.15, 0.2) is 66.7 Å². The monoisotopic (exact) mass is 622 g/mol. The number of aliphatic hydroxyl groups is 2. The second-order valence-electron chi connectivity index (χ2n) is 12.6. The van der Waals surface area contributed by atoms with Crippen LogP contribution in [0.1, 0.15) is 63.4 Å². The number of fused-ring (bicyclic) bond motifs is 1. The van der Waals surface area contributed by atoms with Gasteiger partial charge in [-0.25, -0.2) is 9.59 Å². The first-order chi connectivity index (χ1) is 21.1. The first-order valence-corrected chi connectivity index (χ1v) is 14.8. The molecule has 3 aliphatic rings. The molecule has 11 heteroatoms. The van der Waals surface area contributed by atoms with E-state index in [1.54, 1.807) is 56.3 Å². The van der Waals surface area contributed by atoms with Crippen LogP contribution in [0.3, 0.4) is 0 Å². The number of aliphatic hydroxyl groups excluding tert-OH is 1. The first-order valence-electron chi connectivity index (χ1n) is 14.8. The maximum Gasteiger partial charge on any atom is 0.338 e. The minimum atomic E-state index is -2.38. The van der Waals surface area contributed by atoms with Crippen LogP contribution in [-0.2, 0) is 38.1 Å². The van der Waals surface area contributed by atoms with E-state index in [1.165, 1.54) is 25.1 Å². The van der Waals surface area contributed by atoms with Gasteiger partial charge in [0.15, 0.2) is 11.7 Å². The summed E-state index contributed by atoms with van der Waals surface area (Å²) in [5.41, 5.74) is -6.93. The number of rotatable bonds is 7. The average Bonchev–Trinajstić information content (AvgIpc) is 3.12. The van der Waals surface area contributed by atoms with Gasteiger partial charge in [-0.05, 0) is 51.0 Å². The topological polar surface area (TPSA) is 155 Å². The van der Waals surface area contributed by atoms with Gasteiger partial charge in [0.05, 0.1) is 17.3 Å². The lowest BCUT2D eigenvalue weighted by molar-refractivity contribution is -0.369. The highest BCUT2D eigenvalue weighted by Crippen LogP contribution is 2.65. The molecule has 3 fully saturated rings. The van der Waals surface area contributed by atoms with Gasteiger partial charge >= 0.3 is 23.9 Å². The second-order valence-corrected chi connectivity index (χ2v) is 12.6. The second kappa shape index (κ2) is 11.7. The highest BCUT2D eigenvalue weighted by atomic mass is 16.7. The molecule has 2 saturated carbocycles. The maximum atomic E-state index is 13.6. The van der Waals surface area contributed by atoms with E-state index in [2.05, 4.69) is 0 Å². The molecule has 2 aromatic carbocycles. The number of benzene rings is 2. The zero-order valence-corrected chi connectivity index (χ0v) is 25.8. The molecule has 2 bridgehead atoms. The molecule has 1 unspecified atom stereocenters. The van der Waals surface area contributed by atoms with E-state index < -0.39 is 76.6 Å². The van der Waals surface area contributed by atoms with E-state index in [4.69, 9.17) is 23.7 Å². The predicted octanol–water partition coefficient (Wildman–Crippen LogP) is 3.15. The van der Waals surface area contributed by atoms with Crippen molar-refractivity contribution < 1.29 is 53.1 Å². The van der Waals surface area contributed by atoms with E-state index in [-0.39, 0.29) is 18.4 Å². The lowest BCUT2D eigenvalue weighted by atomic mass is 9.51. The standard InChI is InChI=1S/C34H38O11/c1-20(35)41-25-19-32(5,40)34-28(38)24(31(3,4)45-34)18-26(42-30(39)23-14-10-7-11-15-23)33(34,44-21(2)36)29(25)43-27(37)17-16-22-12-8-6-9-13-22/h6-17,24-26,28-29,38,40H,18-19H2,1-5H3/b17-16+/t24?,25-,26-,28+,29-,32-,33-,34-/m0/s1. The average molecular weight is 623 g/mol. The number of carbonyl (C=O) groups is 4. The van der Waals surface area contributed by atoms with Crippen LogP contribution in [0, 0.1) is 5.92 Å². The van der Waals surface area contributed by atoms with Gasteiger partial charge in [0, 0.05) is 32.3 Å². The van der Waals surface area contributed by atoms with Crippen molar-refractivity contribution in [2.75, 3.05) is 0 Å². The number of hydrogen-bond donors (Lipinski definition) is 2. The van der Waals surface area contributed by atoms with Crippen LogP contribution < -0.4 is 0 Å². The van der Waals surface area contributed by atoms with E-state index in [0.29, 0.717) is 5.56 Å².